The molecule has 0 spiro atoms. The molecule has 0 saturated carbocycles. The molecular formula is C13H21N. The van der Waals surface area contributed by atoms with Gasteiger partial charge in [-0.2, -0.15) is 0 Å². The van der Waals surface area contributed by atoms with Crippen molar-refractivity contribution in [3.05, 3.63) is 34.4 Å². The van der Waals surface area contributed by atoms with Crippen LogP contribution in [-0.4, -0.2) is 13.1 Å². The predicted octanol–water partition coefficient (Wildman–Crippen LogP) is 2.76. The van der Waals surface area contributed by atoms with Gasteiger partial charge < -0.3 is 5.32 Å². The second-order valence-electron chi connectivity index (χ2n) is 3.97. The minimum atomic E-state index is 1.06. The van der Waals surface area contributed by atoms with Gasteiger partial charge in [-0.15, -0.1) is 0 Å². The molecule has 0 unspecified atom stereocenters. The van der Waals surface area contributed by atoms with Crippen LogP contribution >= 0.6 is 0 Å². The second kappa shape index (κ2) is 5.16. The van der Waals surface area contributed by atoms with Crippen molar-refractivity contribution in [3.63, 3.8) is 0 Å². The number of nitrogens with one attached hydrogen (secondary N) is 1. The summed E-state index contributed by atoms with van der Waals surface area (Å²) in [7, 11) is 0. The number of likely N-dealkylation sites (N-methyl/N-ethyl adjacent to an activating group) is 1. The minimum Gasteiger partial charge on any atom is -0.317 e. The Labute approximate surface area is 87.5 Å². The summed E-state index contributed by atoms with van der Waals surface area (Å²) < 4.78 is 0. The summed E-state index contributed by atoms with van der Waals surface area (Å²) in [6.07, 6.45) is 1.14. The van der Waals surface area contributed by atoms with E-state index < -0.39 is 0 Å². The van der Waals surface area contributed by atoms with Crippen molar-refractivity contribution in [2.24, 2.45) is 0 Å². The van der Waals surface area contributed by atoms with Crippen molar-refractivity contribution in [1.82, 2.24) is 5.32 Å². The lowest BCUT2D eigenvalue weighted by atomic mass is 9.99. The highest BCUT2D eigenvalue weighted by atomic mass is 14.8. The Bertz CT molecular complexity index is 302. The lowest BCUT2D eigenvalue weighted by molar-refractivity contribution is 0.714. The number of benzene rings is 1. The molecule has 0 aliphatic rings. The Hall–Kier alpha value is -0.820. The molecule has 1 aromatic carbocycles. The van der Waals surface area contributed by atoms with Crippen LogP contribution < -0.4 is 5.32 Å². The Kier molecular flexibility index (Phi) is 4.15. The molecule has 0 amide bonds. The molecule has 1 N–H and O–H groups in total. The van der Waals surface area contributed by atoms with E-state index in [-0.39, 0.29) is 0 Å². The van der Waals surface area contributed by atoms with E-state index in [1.165, 1.54) is 22.3 Å². The Morgan fingerprint density at radius 1 is 1.00 bits per heavy atom. The second-order valence-corrected chi connectivity index (χ2v) is 3.97. The van der Waals surface area contributed by atoms with Crippen LogP contribution in [0.1, 0.15) is 29.2 Å². The molecule has 0 atom stereocenters. The molecule has 0 aliphatic heterocycles. The fourth-order valence-electron chi connectivity index (χ4n) is 1.69. The highest BCUT2D eigenvalue weighted by molar-refractivity contribution is 5.36. The van der Waals surface area contributed by atoms with Crippen molar-refractivity contribution in [2.45, 2.75) is 34.1 Å². The SMILES string of the molecule is CCNCCc1cc(C)c(C)cc1C. The molecule has 14 heavy (non-hydrogen) atoms. The van der Waals surface area contributed by atoms with Gasteiger partial charge in [0.25, 0.3) is 0 Å². The molecule has 1 aromatic rings. The van der Waals surface area contributed by atoms with Gasteiger partial charge in [0, 0.05) is 0 Å². The van der Waals surface area contributed by atoms with Gasteiger partial charge >= 0.3 is 0 Å². The largest absolute Gasteiger partial charge is 0.317 e. The van der Waals surface area contributed by atoms with E-state index in [2.05, 4.69) is 45.1 Å². The van der Waals surface area contributed by atoms with Crippen LogP contribution in [0.2, 0.25) is 0 Å². The molecule has 78 valence electrons. The fraction of sp³-hybridized carbons (Fsp3) is 0.538. The predicted molar refractivity (Wildman–Crippen MR) is 62.9 cm³/mol. The first-order valence-electron chi connectivity index (χ1n) is 5.42. The lowest BCUT2D eigenvalue weighted by Crippen LogP contribution is -2.16. The van der Waals surface area contributed by atoms with Gasteiger partial charge in [-0.05, 0) is 62.5 Å². The number of rotatable bonds is 4. The van der Waals surface area contributed by atoms with Crippen LogP contribution in [0, 0.1) is 20.8 Å². The Balaban J connectivity index is 2.72. The summed E-state index contributed by atoms with van der Waals surface area (Å²) in [5.41, 5.74) is 5.71. The summed E-state index contributed by atoms with van der Waals surface area (Å²) in [6.45, 7) is 10.9. The molecular weight excluding hydrogens is 170 g/mol. The smallest absolute Gasteiger partial charge is 0.000837 e. The molecule has 0 fully saturated rings. The first-order valence-corrected chi connectivity index (χ1v) is 5.42. The van der Waals surface area contributed by atoms with Gasteiger partial charge in [-0.3, -0.25) is 0 Å². The van der Waals surface area contributed by atoms with Gasteiger partial charge in [0.15, 0.2) is 0 Å². The van der Waals surface area contributed by atoms with Gasteiger partial charge in [0.05, 0.1) is 0 Å². The van der Waals surface area contributed by atoms with Gasteiger partial charge in [-0.1, -0.05) is 19.1 Å². The van der Waals surface area contributed by atoms with Crippen LogP contribution in [0.4, 0.5) is 0 Å². The molecule has 1 heteroatoms. The molecule has 1 nitrogen and oxygen atoms in total. The maximum atomic E-state index is 3.36. The summed E-state index contributed by atoms with van der Waals surface area (Å²) in [4.78, 5) is 0. The molecule has 0 bridgehead atoms. The van der Waals surface area contributed by atoms with E-state index in [0.717, 1.165) is 19.5 Å². The maximum Gasteiger partial charge on any atom is -0.000837 e. The first kappa shape index (κ1) is 11.3. The topological polar surface area (TPSA) is 12.0 Å². The van der Waals surface area contributed by atoms with E-state index in [1.807, 2.05) is 0 Å². The molecule has 0 radical (unpaired) electrons. The molecule has 0 aliphatic carbocycles. The average molecular weight is 191 g/mol. The molecule has 0 heterocycles. The van der Waals surface area contributed by atoms with Crippen LogP contribution in [-0.2, 0) is 6.42 Å². The van der Waals surface area contributed by atoms with Crippen molar-refractivity contribution in [1.29, 1.82) is 0 Å². The molecule has 0 saturated heterocycles. The molecule has 0 aromatic heterocycles. The van der Waals surface area contributed by atoms with Gasteiger partial charge in [0.1, 0.15) is 0 Å². The summed E-state index contributed by atoms with van der Waals surface area (Å²) in [5, 5.41) is 3.36. The quantitative estimate of drug-likeness (QED) is 0.722. The fourth-order valence-corrected chi connectivity index (χ4v) is 1.69. The van der Waals surface area contributed by atoms with Crippen LogP contribution in [0.15, 0.2) is 12.1 Å². The third-order valence-electron chi connectivity index (χ3n) is 2.77. The Morgan fingerprint density at radius 2 is 1.64 bits per heavy atom. The van der Waals surface area contributed by atoms with E-state index in [0.29, 0.717) is 0 Å². The van der Waals surface area contributed by atoms with Crippen LogP contribution in [0.25, 0.3) is 0 Å². The summed E-state index contributed by atoms with van der Waals surface area (Å²) in [6, 6.07) is 4.61. The van der Waals surface area contributed by atoms with E-state index in [4.69, 9.17) is 0 Å². The molecule has 1 rings (SSSR count). The highest BCUT2D eigenvalue weighted by Crippen LogP contribution is 2.15. The zero-order valence-electron chi connectivity index (χ0n) is 9.78. The van der Waals surface area contributed by atoms with E-state index >= 15 is 0 Å². The monoisotopic (exact) mass is 191 g/mol. The lowest BCUT2D eigenvalue weighted by Gasteiger charge is -2.09. The van der Waals surface area contributed by atoms with Crippen molar-refractivity contribution in [3.8, 4) is 0 Å². The van der Waals surface area contributed by atoms with E-state index in [1.54, 1.807) is 0 Å². The average Bonchev–Trinajstić information content (AvgIpc) is 2.14. The number of aryl methyl sites for hydroxylation is 3. The zero-order valence-corrected chi connectivity index (χ0v) is 9.78. The van der Waals surface area contributed by atoms with Gasteiger partial charge in [-0.25, -0.2) is 0 Å². The standard InChI is InChI=1S/C13H21N/c1-5-14-7-6-13-9-11(3)10(2)8-12(13)4/h8-9,14H,5-7H2,1-4H3. The first-order chi connectivity index (χ1) is 6.65. The van der Waals surface area contributed by atoms with E-state index in [9.17, 15) is 0 Å². The van der Waals surface area contributed by atoms with Crippen LogP contribution in [0.5, 0.6) is 0 Å². The number of hydrogen-bond donors (Lipinski definition) is 1. The normalized spacial score (nSPS) is 10.6. The van der Waals surface area contributed by atoms with Crippen molar-refractivity contribution in [2.75, 3.05) is 13.1 Å². The summed E-state index contributed by atoms with van der Waals surface area (Å²) in [5.74, 6) is 0. The third kappa shape index (κ3) is 2.85. The number of hydrogen-bond acceptors (Lipinski definition) is 1. The van der Waals surface area contributed by atoms with Crippen LogP contribution in [0.3, 0.4) is 0 Å². The van der Waals surface area contributed by atoms with Gasteiger partial charge in [0.2, 0.25) is 0 Å². The van der Waals surface area contributed by atoms with Crippen molar-refractivity contribution >= 4 is 0 Å². The third-order valence-corrected chi connectivity index (χ3v) is 2.77. The highest BCUT2D eigenvalue weighted by Gasteiger charge is 2.00. The minimum absolute atomic E-state index is 1.06. The Morgan fingerprint density at radius 3 is 2.29 bits per heavy atom. The zero-order chi connectivity index (χ0) is 10.6. The summed E-state index contributed by atoms with van der Waals surface area (Å²) >= 11 is 0. The maximum absolute atomic E-state index is 3.36. The van der Waals surface area contributed by atoms with Crippen molar-refractivity contribution < 1.29 is 0 Å².